The first-order valence-electron chi connectivity index (χ1n) is 6.89. The van der Waals surface area contributed by atoms with E-state index in [1.165, 1.54) is 10.4 Å². The number of rotatable bonds is 3. The Morgan fingerprint density at radius 1 is 1.38 bits per heavy atom. The Bertz CT molecular complexity index is 638. The summed E-state index contributed by atoms with van der Waals surface area (Å²) in [5, 5.41) is 2.13. The number of hydrogen-bond acceptors (Lipinski definition) is 3. The van der Waals surface area contributed by atoms with Crippen LogP contribution in [0.4, 0.5) is 0 Å². The number of amides is 1. The van der Waals surface area contributed by atoms with Gasteiger partial charge in [0.2, 0.25) is 5.91 Å². The van der Waals surface area contributed by atoms with Gasteiger partial charge < -0.3 is 4.90 Å². The first kappa shape index (κ1) is 15.1. The third-order valence-corrected chi connectivity index (χ3v) is 6.30. The standard InChI is InChI=1S/C16H16BrNOS2/c1-11-14-7-9-20-15(14)6-8-18(11)16(19)10-21-13-4-2-12(17)3-5-13/h2-5,7,9,11H,6,8,10H2,1H3/t11-/m1/s1. The van der Waals surface area contributed by atoms with E-state index in [1.54, 1.807) is 23.1 Å². The summed E-state index contributed by atoms with van der Waals surface area (Å²) >= 11 is 6.84. The van der Waals surface area contributed by atoms with Crippen LogP contribution in [0.2, 0.25) is 0 Å². The minimum Gasteiger partial charge on any atom is -0.335 e. The fourth-order valence-electron chi connectivity index (χ4n) is 2.61. The number of hydrogen-bond donors (Lipinski definition) is 0. The molecular formula is C16H16BrNOS2. The topological polar surface area (TPSA) is 20.3 Å². The number of fused-ring (bicyclic) bond motifs is 1. The lowest BCUT2D eigenvalue weighted by Gasteiger charge is -2.33. The smallest absolute Gasteiger partial charge is 0.233 e. The summed E-state index contributed by atoms with van der Waals surface area (Å²) in [5.41, 5.74) is 1.33. The Morgan fingerprint density at radius 3 is 2.90 bits per heavy atom. The van der Waals surface area contributed by atoms with Crippen LogP contribution in [0.15, 0.2) is 45.1 Å². The Balaban J connectivity index is 1.62. The highest BCUT2D eigenvalue weighted by molar-refractivity contribution is 9.10. The molecule has 0 spiro atoms. The van der Waals surface area contributed by atoms with Crippen molar-refractivity contribution in [1.82, 2.24) is 4.90 Å². The maximum absolute atomic E-state index is 12.5. The van der Waals surface area contributed by atoms with Gasteiger partial charge in [-0.15, -0.1) is 23.1 Å². The van der Waals surface area contributed by atoms with Gasteiger partial charge in [0, 0.05) is 20.8 Å². The van der Waals surface area contributed by atoms with Crippen LogP contribution in [0.5, 0.6) is 0 Å². The SMILES string of the molecule is C[C@@H]1c2ccsc2CCN1C(=O)CSc1ccc(Br)cc1. The fourth-order valence-corrected chi connectivity index (χ4v) is 4.62. The molecule has 3 rings (SSSR count). The third-order valence-electron chi connectivity index (χ3n) is 3.77. The van der Waals surface area contributed by atoms with E-state index >= 15 is 0 Å². The van der Waals surface area contributed by atoms with Gasteiger partial charge in [-0.2, -0.15) is 0 Å². The summed E-state index contributed by atoms with van der Waals surface area (Å²) < 4.78 is 1.06. The molecule has 0 aliphatic carbocycles. The molecule has 2 heterocycles. The minimum absolute atomic E-state index is 0.206. The predicted octanol–water partition coefficient (Wildman–Crippen LogP) is 4.75. The zero-order chi connectivity index (χ0) is 14.8. The zero-order valence-corrected chi connectivity index (χ0v) is 14.9. The fraction of sp³-hybridized carbons (Fsp3) is 0.312. The lowest BCUT2D eigenvalue weighted by molar-refractivity contribution is -0.130. The Hall–Kier alpha value is -0.780. The first-order chi connectivity index (χ1) is 10.1. The van der Waals surface area contributed by atoms with Gasteiger partial charge in [0.15, 0.2) is 0 Å². The van der Waals surface area contributed by atoms with Crippen molar-refractivity contribution in [2.45, 2.75) is 24.3 Å². The summed E-state index contributed by atoms with van der Waals surface area (Å²) in [5.74, 6) is 0.734. The van der Waals surface area contributed by atoms with E-state index in [0.717, 1.165) is 22.3 Å². The molecule has 1 aromatic heterocycles. The van der Waals surface area contributed by atoms with Crippen molar-refractivity contribution in [2.75, 3.05) is 12.3 Å². The maximum atomic E-state index is 12.5. The van der Waals surface area contributed by atoms with Crippen LogP contribution in [0, 0.1) is 0 Å². The maximum Gasteiger partial charge on any atom is 0.233 e. The van der Waals surface area contributed by atoms with E-state index in [4.69, 9.17) is 0 Å². The van der Waals surface area contributed by atoms with Crippen molar-refractivity contribution in [1.29, 1.82) is 0 Å². The van der Waals surface area contributed by atoms with E-state index in [0.29, 0.717) is 5.75 Å². The highest BCUT2D eigenvalue weighted by Gasteiger charge is 2.27. The lowest BCUT2D eigenvalue weighted by Crippen LogP contribution is -2.39. The second-order valence-electron chi connectivity index (χ2n) is 5.05. The third kappa shape index (κ3) is 3.35. The molecule has 1 aromatic carbocycles. The molecule has 1 aliphatic heterocycles. The van der Waals surface area contributed by atoms with E-state index in [9.17, 15) is 4.79 Å². The molecule has 1 amide bonds. The van der Waals surface area contributed by atoms with Crippen molar-refractivity contribution in [2.24, 2.45) is 0 Å². The molecule has 1 aliphatic rings. The number of carbonyl (C=O) groups excluding carboxylic acids is 1. The van der Waals surface area contributed by atoms with Gasteiger partial charge in [-0.25, -0.2) is 0 Å². The van der Waals surface area contributed by atoms with E-state index in [1.807, 2.05) is 29.2 Å². The molecule has 110 valence electrons. The number of carbonyl (C=O) groups is 1. The number of halogens is 1. The monoisotopic (exact) mass is 381 g/mol. The van der Waals surface area contributed by atoms with Gasteiger partial charge in [-0.1, -0.05) is 15.9 Å². The highest BCUT2D eigenvalue weighted by atomic mass is 79.9. The van der Waals surface area contributed by atoms with Crippen LogP contribution >= 0.6 is 39.0 Å². The molecule has 2 nitrogen and oxygen atoms in total. The number of thiophene rings is 1. The van der Waals surface area contributed by atoms with Gasteiger partial charge in [0.25, 0.3) is 0 Å². The minimum atomic E-state index is 0.206. The molecule has 0 unspecified atom stereocenters. The van der Waals surface area contributed by atoms with Gasteiger partial charge >= 0.3 is 0 Å². The number of benzene rings is 1. The van der Waals surface area contributed by atoms with Gasteiger partial charge in [0.1, 0.15) is 0 Å². The second-order valence-corrected chi connectivity index (χ2v) is 8.02. The van der Waals surface area contributed by atoms with Crippen molar-refractivity contribution < 1.29 is 4.79 Å². The van der Waals surface area contributed by atoms with Crippen molar-refractivity contribution in [3.63, 3.8) is 0 Å². The molecule has 21 heavy (non-hydrogen) atoms. The van der Waals surface area contributed by atoms with Crippen LogP contribution in [0.1, 0.15) is 23.4 Å². The highest BCUT2D eigenvalue weighted by Crippen LogP contribution is 2.33. The quantitative estimate of drug-likeness (QED) is 0.714. The molecule has 2 aromatic rings. The van der Waals surface area contributed by atoms with Crippen LogP contribution in [-0.2, 0) is 11.2 Å². The normalized spacial score (nSPS) is 17.6. The average molecular weight is 382 g/mol. The number of thioether (sulfide) groups is 1. The van der Waals surface area contributed by atoms with Gasteiger partial charge in [-0.05, 0) is 54.6 Å². The van der Waals surface area contributed by atoms with Crippen LogP contribution < -0.4 is 0 Å². The summed E-state index contributed by atoms with van der Waals surface area (Å²) in [6.07, 6.45) is 0.992. The van der Waals surface area contributed by atoms with Crippen molar-refractivity contribution in [3.8, 4) is 0 Å². The molecule has 0 N–H and O–H groups in total. The molecule has 0 saturated carbocycles. The molecule has 0 radical (unpaired) electrons. The number of nitrogens with zero attached hydrogens (tertiary/aromatic N) is 1. The molecule has 1 atom stereocenters. The van der Waals surface area contributed by atoms with Gasteiger partial charge in [-0.3, -0.25) is 4.79 Å². The second kappa shape index (κ2) is 6.55. The van der Waals surface area contributed by atoms with E-state index < -0.39 is 0 Å². The molecular weight excluding hydrogens is 366 g/mol. The molecule has 0 saturated heterocycles. The van der Waals surface area contributed by atoms with Crippen molar-refractivity contribution >= 4 is 44.9 Å². The van der Waals surface area contributed by atoms with E-state index in [2.05, 4.69) is 34.3 Å². The summed E-state index contributed by atoms with van der Waals surface area (Å²) in [6.45, 7) is 2.97. The zero-order valence-electron chi connectivity index (χ0n) is 11.7. The largest absolute Gasteiger partial charge is 0.335 e. The average Bonchev–Trinajstić information content (AvgIpc) is 2.96. The molecule has 0 fully saturated rings. The summed E-state index contributed by atoms with van der Waals surface area (Å²) in [6, 6.07) is 10.5. The molecule has 5 heteroatoms. The van der Waals surface area contributed by atoms with Crippen LogP contribution in [-0.4, -0.2) is 23.1 Å². The van der Waals surface area contributed by atoms with Gasteiger partial charge in [0.05, 0.1) is 11.8 Å². The lowest BCUT2D eigenvalue weighted by atomic mass is 10.0. The molecule has 0 bridgehead atoms. The van der Waals surface area contributed by atoms with Crippen molar-refractivity contribution in [3.05, 3.63) is 50.6 Å². The Morgan fingerprint density at radius 2 is 2.14 bits per heavy atom. The van der Waals surface area contributed by atoms with Crippen LogP contribution in [0.3, 0.4) is 0 Å². The summed E-state index contributed by atoms with van der Waals surface area (Å²) in [4.78, 5) is 17.1. The predicted molar refractivity (Wildman–Crippen MR) is 93.0 cm³/mol. The summed E-state index contributed by atoms with van der Waals surface area (Å²) in [7, 11) is 0. The van der Waals surface area contributed by atoms with E-state index in [-0.39, 0.29) is 11.9 Å². The Kier molecular flexibility index (Phi) is 4.72. The Labute approximate surface area is 141 Å². The van der Waals surface area contributed by atoms with Crippen LogP contribution in [0.25, 0.3) is 0 Å². The first-order valence-corrected chi connectivity index (χ1v) is 9.55.